The van der Waals surface area contributed by atoms with Gasteiger partial charge in [-0.25, -0.2) is 4.98 Å². The molecular weight excluding hydrogens is 473 g/mol. The predicted molar refractivity (Wildman–Crippen MR) is 130 cm³/mol. The first-order valence-electron chi connectivity index (χ1n) is 10.7. The first kappa shape index (κ1) is 21.5. The van der Waals surface area contributed by atoms with Gasteiger partial charge < -0.3 is 4.57 Å². The fourth-order valence-electron chi connectivity index (χ4n) is 4.42. The van der Waals surface area contributed by atoms with Gasteiger partial charge in [0.1, 0.15) is 10.7 Å². The largest absolute Gasteiger partial charge is 0.416 e. The van der Waals surface area contributed by atoms with Crippen LogP contribution in [0.15, 0.2) is 72.3 Å². The van der Waals surface area contributed by atoms with Gasteiger partial charge >= 0.3 is 6.18 Å². The second kappa shape index (κ2) is 7.48. The van der Waals surface area contributed by atoms with Gasteiger partial charge in [-0.15, -0.1) is 11.3 Å². The Bertz CT molecular complexity index is 1670. The number of Topliss-reactive ketones (excluding diaryl/α,β-unsaturated/α-hetero) is 2. The Morgan fingerprint density at radius 2 is 1.49 bits per heavy atom. The molecule has 4 nitrogen and oxygen atoms in total. The van der Waals surface area contributed by atoms with Crippen molar-refractivity contribution in [1.29, 1.82) is 0 Å². The zero-order valence-corrected chi connectivity index (χ0v) is 19.0. The van der Waals surface area contributed by atoms with Crippen LogP contribution in [0.1, 0.15) is 31.2 Å². The molecule has 1 aliphatic rings. The molecule has 0 bridgehead atoms. The van der Waals surface area contributed by atoms with Crippen LogP contribution in [0.2, 0.25) is 0 Å². The smallest absolute Gasteiger partial charge is 0.326 e. The Hall–Kier alpha value is -4.04. The molecule has 3 aromatic carbocycles. The van der Waals surface area contributed by atoms with Crippen LogP contribution < -0.4 is 0 Å². The summed E-state index contributed by atoms with van der Waals surface area (Å²) in [6.45, 7) is 0. The van der Waals surface area contributed by atoms with E-state index in [4.69, 9.17) is 0 Å². The molecule has 8 heteroatoms. The maximum Gasteiger partial charge on any atom is 0.416 e. The Morgan fingerprint density at radius 3 is 2.03 bits per heavy atom. The summed E-state index contributed by atoms with van der Waals surface area (Å²) >= 11 is 1.31. The zero-order chi connectivity index (χ0) is 24.5. The van der Waals surface area contributed by atoms with E-state index in [2.05, 4.69) is 4.98 Å². The number of aryl methyl sites for hydroxylation is 1. The van der Waals surface area contributed by atoms with Crippen LogP contribution in [-0.2, 0) is 13.2 Å². The van der Waals surface area contributed by atoms with E-state index in [9.17, 15) is 22.8 Å². The highest BCUT2D eigenvalue weighted by atomic mass is 32.1. The molecule has 5 aromatic rings. The standard InChI is InChI=1S/C27H15F3N2O2S/c1-32-22-13-18(35-26(22)31-25(32)14-6-8-17(9-7-14)27(28,29)30)12-21-23(33)19-10-15-4-2-3-5-16(15)11-20(19)24(21)34/h2-13H,1H3. The lowest BCUT2D eigenvalue weighted by Gasteiger charge is -2.07. The van der Waals surface area contributed by atoms with Crippen molar-refractivity contribution >= 4 is 50.1 Å². The molecular formula is C27H15F3N2O2S. The first-order chi connectivity index (χ1) is 16.7. The van der Waals surface area contributed by atoms with Crippen LogP contribution in [0.25, 0.3) is 38.6 Å². The number of halogens is 3. The highest BCUT2D eigenvalue weighted by Gasteiger charge is 2.34. The lowest BCUT2D eigenvalue weighted by molar-refractivity contribution is -0.137. The van der Waals surface area contributed by atoms with Gasteiger partial charge in [-0.2, -0.15) is 13.2 Å². The quantitative estimate of drug-likeness (QED) is 0.200. The number of aromatic nitrogens is 2. The third kappa shape index (κ3) is 3.40. The third-order valence-electron chi connectivity index (χ3n) is 6.22. The van der Waals surface area contributed by atoms with E-state index in [1.165, 1.54) is 23.5 Å². The van der Waals surface area contributed by atoms with E-state index in [1.807, 2.05) is 30.3 Å². The molecule has 0 saturated carbocycles. The number of alkyl halides is 3. The fourth-order valence-corrected chi connectivity index (χ4v) is 5.42. The maximum absolute atomic E-state index is 13.0. The van der Waals surface area contributed by atoms with Crippen molar-refractivity contribution in [2.24, 2.45) is 7.05 Å². The highest BCUT2D eigenvalue weighted by Crippen LogP contribution is 2.36. The number of carbonyl (C=O) groups excluding carboxylic acids is 2. The molecule has 0 atom stereocenters. The SMILES string of the molecule is Cn1c(-c2ccc(C(F)(F)F)cc2)nc2sc(C=C3C(=O)c4cc5ccccc5cc4C3=O)cc21. The summed E-state index contributed by atoms with van der Waals surface area (Å²) in [5, 5.41) is 1.80. The molecule has 2 heterocycles. The van der Waals surface area contributed by atoms with Crippen LogP contribution in [-0.4, -0.2) is 21.1 Å². The van der Waals surface area contributed by atoms with E-state index in [-0.39, 0.29) is 17.1 Å². The normalized spacial score (nSPS) is 13.8. The molecule has 0 N–H and O–H groups in total. The van der Waals surface area contributed by atoms with Crippen LogP contribution in [0.4, 0.5) is 13.2 Å². The van der Waals surface area contributed by atoms with Crippen molar-refractivity contribution in [1.82, 2.24) is 9.55 Å². The summed E-state index contributed by atoms with van der Waals surface area (Å²) in [4.78, 5) is 32.0. The molecule has 6 rings (SSSR count). The number of hydrogen-bond acceptors (Lipinski definition) is 4. The molecule has 172 valence electrons. The zero-order valence-electron chi connectivity index (χ0n) is 18.2. The number of carbonyl (C=O) groups is 2. The van der Waals surface area contributed by atoms with Crippen molar-refractivity contribution < 1.29 is 22.8 Å². The topological polar surface area (TPSA) is 52.0 Å². The number of fused-ring (bicyclic) bond motifs is 3. The lowest BCUT2D eigenvalue weighted by Crippen LogP contribution is -2.04. The molecule has 0 fully saturated rings. The minimum absolute atomic E-state index is 0.116. The van der Waals surface area contributed by atoms with Crippen molar-refractivity contribution in [2.75, 3.05) is 0 Å². The monoisotopic (exact) mass is 488 g/mol. The van der Waals surface area contributed by atoms with Crippen molar-refractivity contribution in [2.45, 2.75) is 6.18 Å². The number of benzene rings is 3. The van der Waals surface area contributed by atoms with Crippen LogP contribution >= 0.6 is 11.3 Å². The molecule has 0 spiro atoms. The van der Waals surface area contributed by atoms with Gasteiger partial charge in [-0.1, -0.05) is 36.4 Å². The van der Waals surface area contributed by atoms with Gasteiger partial charge in [0.2, 0.25) is 0 Å². The van der Waals surface area contributed by atoms with Crippen molar-refractivity contribution in [3.63, 3.8) is 0 Å². The van der Waals surface area contributed by atoms with Crippen molar-refractivity contribution in [3.05, 3.63) is 93.9 Å². The maximum atomic E-state index is 13.0. The van der Waals surface area contributed by atoms with Crippen molar-refractivity contribution in [3.8, 4) is 11.4 Å². The minimum Gasteiger partial charge on any atom is -0.326 e. The number of thiophene rings is 1. The van der Waals surface area contributed by atoms with Crippen LogP contribution in [0.3, 0.4) is 0 Å². The van der Waals surface area contributed by atoms with Gasteiger partial charge in [0.15, 0.2) is 11.6 Å². The summed E-state index contributed by atoms with van der Waals surface area (Å²) < 4.78 is 40.4. The van der Waals surface area contributed by atoms with Gasteiger partial charge in [-0.05, 0) is 47.2 Å². The Morgan fingerprint density at radius 1 is 0.886 bits per heavy atom. The van der Waals surface area contributed by atoms with E-state index >= 15 is 0 Å². The third-order valence-corrected chi connectivity index (χ3v) is 7.19. The molecule has 0 saturated heterocycles. The van der Waals surface area contributed by atoms with Crippen LogP contribution in [0.5, 0.6) is 0 Å². The van der Waals surface area contributed by atoms with Gasteiger partial charge in [0.05, 0.1) is 16.7 Å². The van der Waals surface area contributed by atoms with E-state index in [0.717, 1.165) is 28.4 Å². The lowest BCUT2D eigenvalue weighted by atomic mass is 10.0. The average Bonchev–Trinajstić information content (AvgIpc) is 3.45. The Kier molecular flexibility index (Phi) is 4.59. The Balaban J connectivity index is 1.36. The number of imidazole rings is 1. The molecule has 0 radical (unpaired) electrons. The van der Waals surface area contributed by atoms with E-state index < -0.39 is 11.7 Å². The van der Waals surface area contributed by atoms with Gasteiger partial charge in [0.25, 0.3) is 0 Å². The molecule has 0 aliphatic heterocycles. The van der Waals surface area contributed by atoms with E-state index in [0.29, 0.717) is 32.2 Å². The second-order valence-corrected chi connectivity index (χ2v) is 9.43. The second-order valence-electron chi connectivity index (χ2n) is 8.37. The highest BCUT2D eigenvalue weighted by molar-refractivity contribution is 7.19. The summed E-state index contributed by atoms with van der Waals surface area (Å²) in [6, 6.07) is 17.8. The predicted octanol–water partition coefficient (Wildman–Crippen LogP) is 6.94. The Labute approximate surface area is 201 Å². The molecule has 0 amide bonds. The first-order valence-corrected chi connectivity index (χ1v) is 11.5. The average molecular weight is 488 g/mol. The van der Waals surface area contributed by atoms with Crippen LogP contribution in [0, 0.1) is 0 Å². The van der Waals surface area contributed by atoms with Gasteiger partial charge in [0, 0.05) is 28.6 Å². The summed E-state index contributed by atoms with van der Waals surface area (Å²) in [7, 11) is 1.78. The van der Waals surface area contributed by atoms with Gasteiger partial charge in [-0.3, -0.25) is 9.59 Å². The number of hydrogen-bond donors (Lipinski definition) is 0. The number of nitrogens with zero attached hydrogens (tertiary/aromatic N) is 2. The minimum atomic E-state index is -4.40. The molecule has 35 heavy (non-hydrogen) atoms. The summed E-state index contributed by atoms with van der Waals surface area (Å²) in [5.41, 5.74) is 1.54. The molecule has 1 aliphatic carbocycles. The molecule has 2 aromatic heterocycles. The summed E-state index contributed by atoms with van der Waals surface area (Å²) in [6.07, 6.45) is -2.80. The molecule has 0 unspecified atom stereocenters. The number of rotatable bonds is 2. The van der Waals surface area contributed by atoms with E-state index in [1.54, 1.807) is 29.8 Å². The number of allylic oxidation sites excluding steroid dienone is 1. The summed E-state index contributed by atoms with van der Waals surface area (Å²) in [5.74, 6) is -0.0653. The fraction of sp³-hybridized carbons (Fsp3) is 0.0741. The number of ketones is 2.